The first-order valence-electron chi connectivity index (χ1n) is 12.2. The number of rotatable bonds is 7. The minimum Gasteiger partial charge on any atom is -0.457 e. The third-order valence-electron chi connectivity index (χ3n) is 6.67. The van der Waals surface area contributed by atoms with Gasteiger partial charge in [-0.2, -0.15) is 0 Å². The number of carbonyl (C=O) groups excluding carboxylic acids is 3. The summed E-state index contributed by atoms with van der Waals surface area (Å²) < 4.78 is 34.7. The number of hydrogen-bond acceptors (Lipinski definition) is 5. The van der Waals surface area contributed by atoms with Crippen molar-refractivity contribution in [2.75, 3.05) is 23.3 Å². The van der Waals surface area contributed by atoms with Gasteiger partial charge in [-0.1, -0.05) is 0 Å². The first-order valence-corrected chi connectivity index (χ1v) is 12.2. The Morgan fingerprint density at radius 3 is 2.29 bits per heavy atom. The average molecular weight is 522 g/mol. The highest BCUT2D eigenvalue weighted by atomic mass is 19.1. The lowest BCUT2D eigenvalue weighted by atomic mass is 10.0. The van der Waals surface area contributed by atoms with Gasteiger partial charge in [0.1, 0.15) is 28.5 Å². The number of pyridine rings is 1. The van der Waals surface area contributed by atoms with Gasteiger partial charge in [-0.3, -0.25) is 19.8 Å². The van der Waals surface area contributed by atoms with Crippen LogP contribution in [0.4, 0.5) is 30.8 Å². The Morgan fingerprint density at radius 1 is 0.974 bits per heavy atom. The molecule has 196 valence electrons. The molecule has 0 bridgehead atoms. The van der Waals surface area contributed by atoms with Gasteiger partial charge in [0.05, 0.1) is 5.69 Å². The minimum absolute atomic E-state index is 0.122. The highest BCUT2D eigenvalue weighted by Gasteiger charge is 2.57. The number of ether oxygens (including phenoxy) is 1. The van der Waals surface area contributed by atoms with E-state index in [0.29, 0.717) is 18.8 Å². The summed E-state index contributed by atoms with van der Waals surface area (Å²) >= 11 is 0. The van der Waals surface area contributed by atoms with Gasteiger partial charge in [0.15, 0.2) is 5.82 Å². The van der Waals surface area contributed by atoms with Gasteiger partial charge in [0.25, 0.3) is 0 Å². The molecule has 3 aromatic rings. The SMILES string of the molecule is NC(=O)C1(C(=O)N(c2ccc(F)cc2)c2ccc(Oc3ccnc(NC(=O)N4CCCC4)c3)cc2F)CC1. The number of aromatic nitrogens is 1. The first-order chi connectivity index (χ1) is 18.3. The number of nitrogens with one attached hydrogen (secondary N) is 1. The number of halogens is 2. The fraction of sp³-hybridized carbons (Fsp3) is 0.259. The van der Waals surface area contributed by atoms with E-state index in [9.17, 15) is 18.8 Å². The summed E-state index contributed by atoms with van der Waals surface area (Å²) in [6.07, 6.45) is 3.87. The monoisotopic (exact) mass is 521 g/mol. The van der Waals surface area contributed by atoms with E-state index >= 15 is 4.39 Å². The quantitative estimate of drug-likeness (QED) is 0.437. The normalized spacial score (nSPS) is 15.6. The van der Waals surface area contributed by atoms with Crippen molar-refractivity contribution in [1.29, 1.82) is 0 Å². The Morgan fingerprint density at radius 2 is 1.66 bits per heavy atom. The van der Waals surface area contributed by atoms with E-state index in [4.69, 9.17) is 10.5 Å². The fourth-order valence-electron chi connectivity index (χ4n) is 4.38. The topological polar surface area (TPSA) is 118 Å². The predicted molar refractivity (Wildman–Crippen MR) is 135 cm³/mol. The number of carbonyl (C=O) groups is 3. The van der Waals surface area contributed by atoms with Crippen LogP contribution in [0.15, 0.2) is 60.8 Å². The molecule has 1 saturated carbocycles. The van der Waals surface area contributed by atoms with Crippen molar-refractivity contribution in [2.45, 2.75) is 25.7 Å². The van der Waals surface area contributed by atoms with Crippen molar-refractivity contribution < 1.29 is 27.9 Å². The maximum absolute atomic E-state index is 15.4. The van der Waals surface area contributed by atoms with Crippen molar-refractivity contribution in [3.8, 4) is 11.5 Å². The second-order valence-corrected chi connectivity index (χ2v) is 9.28. The second-order valence-electron chi connectivity index (χ2n) is 9.28. The molecule has 1 saturated heterocycles. The van der Waals surface area contributed by atoms with Gasteiger partial charge in [-0.15, -0.1) is 0 Å². The van der Waals surface area contributed by atoms with Crippen LogP contribution >= 0.6 is 0 Å². The van der Waals surface area contributed by atoms with Crippen LogP contribution in [0.1, 0.15) is 25.7 Å². The number of anilines is 3. The lowest BCUT2D eigenvalue weighted by Crippen LogP contribution is -2.41. The second kappa shape index (κ2) is 10.1. The molecule has 0 spiro atoms. The minimum atomic E-state index is -1.43. The third-order valence-corrected chi connectivity index (χ3v) is 6.67. The van der Waals surface area contributed by atoms with Gasteiger partial charge in [-0.05, 0) is 68.1 Å². The smallest absolute Gasteiger partial charge is 0.323 e. The van der Waals surface area contributed by atoms with Gasteiger partial charge in [0.2, 0.25) is 11.8 Å². The molecule has 2 fully saturated rings. The molecule has 1 aliphatic carbocycles. The zero-order chi connectivity index (χ0) is 26.9. The van der Waals surface area contributed by atoms with E-state index in [-0.39, 0.29) is 41.8 Å². The number of amides is 4. The molecule has 0 atom stereocenters. The molecule has 11 heteroatoms. The lowest BCUT2D eigenvalue weighted by molar-refractivity contribution is -0.133. The van der Waals surface area contributed by atoms with Gasteiger partial charge >= 0.3 is 6.03 Å². The molecule has 3 N–H and O–H groups in total. The number of primary amides is 1. The van der Waals surface area contributed by atoms with Crippen LogP contribution < -0.4 is 20.7 Å². The molecule has 2 aromatic carbocycles. The Labute approximate surface area is 217 Å². The number of likely N-dealkylation sites (tertiary alicyclic amines) is 1. The first kappa shape index (κ1) is 25.1. The lowest BCUT2D eigenvalue weighted by Gasteiger charge is -2.27. The number of urea groups is 1. The van der Waals surface area contributed by atoms with Crippen LogP contribution in [0.25, 0.3) is 0 Å². The molecule has 38 heavy (non-hydrogen) atoms. The number of hydrogen-bond donors (Lipinski definition) is 2. The molecule has 9 nitrogen and oxygen atoms in total. The van der Waals surface area contributed by atoms with E-state index in [1.165, 1.54) is 36.5 Å². The maximum Gasteiger partial charge on any atom is 0.323 e. The summed E-state index contributed by atoms with van der Waals surface area (Å²) in [4.78, 5) is 44.6. The summed E-state index contributed by atoms with van der Waals surface area (Å²) in [5.41, 5.74) is 4.10. The molecule has 4 amide bonds. The largest absolute Gasteiger partial charge is 0.457 e. The van der Waals surface area contributed by atoms with Gasteiger partial charge < -0.3 is 15.4 Å². The zero-order valence-electron chi connectivity index (χ0n) is 20.3. The summed E-state index contributed by atoms with van der Waals surface area (Å²) in [5, 5.41) is 2.72. The summed E-state index contributed by atoms with van der Waals surface area (Å²) in [6, 6.07) is 11.6. The Balaban J connectivity index is 1.38. The van der Waals surface area contributed by atoms with Crippen molar-refractivity contribution in [3.05, 3.63) is 72.4 Å². The van der Waals surface area contributed by atoms with Crippen LogP contribution in [0.5, 0.6) is 11.5 Å². The summed E-state index contributed by atoms with van der Waals surface area (Å²) in [6.45, 7) is 1.37. The van der Waals surface area contributed by atoms with Crippen molar-refractivity contribution in [3.63, 3.8) is 0 Å². The molecular formula is C27H25F2N5O4. The van der Waals surface area contributed by atoms with E-state index in [1.54, 1.807) is 11.0 Å². The van der Waals surface area contributed by atoms with E-state index in [0.717, 1.165) is 35.9 Å². The van der Waals surface area contributed by atoms with Crippen LogP contribution in [0, 0.1) is 17.0 Å². The van der Waals surface area contributed by atoms with E-state index < -0.39 is 28.9 Å². The Bertz CT molecular complexity index is 1390. The average Bonchev–Trinajstić information content (AvgIpc) is 3.53. The van der Waals surface area contributed by atoms with Gasteiger partial charge in [0, 0.05) is 37.1 Å². The molecule has 5 rings (SSSR count). The molecule has 0 unspecified atom stereocenters. The molecule has 1 aliphatic heterocycles. The molecule has 1 aromatic heterocycles. The maximum atomic E-state index is 15.4. The van der Waals surface area contributed by atoms with Crippen LogP contribution in [0.3, 0.4) is 0 Å². The Hall–Kier alpha value is -4.54. The Kier molecular flexibility index (Phi) is 6.66. The van der Waals surface area contributed by atoms with Crippen LogP contribution in [0.2, 0.25) is 0 Å². The summed E-state index contributed by atoms with van der Waals surface area (Å²) in [7, 11) is 0. The number of nitrogens with zero attached hydrogens (tertiary/aromatic N) is 3. The zero-order valence-corrected chi connectivity index (χ0v) is 20.3. The highest BCUT2D eigenvalue weighted by Crippen LogP contribution is 2.49. The molecular weight excluding hydrogens is 496 g/mol. The standard InChI is InChI=1S/C27H25F2N5O4/c28-17-3-5-18(6-4-17)34(25(36)27(10-11-27)24(30)35)22-8-7-19(15-21(22)29)38-20-9-12-31-23(16-20)32-26(37)33-13-1-2-14-33/h3-9,12,15-16H,1-2,10-11,13-14H2,(H2,30,35)(H,31,32,37). The fourth-order valence-corrected chi connectivity index (χ4v) is 4.38. The van der Waals surface area contributed by atoms with Crippen molar-refractivity contribution in [2.24, 2.45) is 11.1 Å². The predicted octanol–water partition coefficient (Wildman–Crippen LogP) is 4.71. The van der Waals surface area contributed by atoms with Crippen molar-refractivity contribution in [1.82, 2.24) is 9.88 Å². The highest BCUT2D eigenvalue weighted by molar-refractivity contribution is 6.16. The molecule has 2 heterocycles. The number of benzene rings is 2. The molecule has 0 radical (unpaired) electrons. The van der Waals surface area contributed by atoms with Gasteiger partial charge in [-0.25, -0.2) is 18.6 Å². The van der Waals surface area contributed by atoms with Crippen LogP contribution in [-0.2, 0) is 9.59 Å². The van der Waals surface area contributed by atoms with Crippen molar-refractivity contribution >= 4 is 35.0 Å². The number of nitrogens with two attached hydrogens (primary N) is 1. The third kappa shape index (κ3) is 4.99. The van der Waals surface area contributed by atoms with E-state index in [2.05, 4.69) is 10.3 Å². The summed E-state index contributed by atoms with van der Waals surface area (Å²) in [5.74, 6) is -2.10. The van der Waals surface area contributed by atoms with Crippen LogP contribution in [-0.4, -0.2) is 40.8 Å². The van der Waals surface area contributed by atoms with E-state index in [1.807, 2.05) is 0 Å². The molecule has 2 aliphatic rings.